The normalized spacial score (nSPS) is 17.8. The number of sulfone groups is 1. The third kappa shape index (κ3) is 2.52. The van der Waals surface area contributed by atoms with E-state index in [1.165, 1.54) is 19.4 Å². The quantitative estimate of drug-likeness (QED) is 0.917. The Morgan fingerprint density at radius 3 is 2.47 bits per heavy atom. The molecule has 2 atom stereocenters. The summed E-state index contributed by atoms with van der Waals surface area (Å²) in [6.45, 7) is 2.89. The number of fused-ring (bicyclic) bond motifs is 1. The van der Waals surface area contributed by atoms with Gasteiger partial charge in [-0.3, -0.25) is 4.79 Å². The van der Waals surface area contributed by atoms with Crippen LogP contribution in [0.1, 0.15) is 31.4 Å². The lowest BCUT2D eigenvalue weighted by Gasteiger charge is -2.17. The first-order chi connectivity index (χ1) is 8.84. The van der Waals surface area contributed by atoms with E-state index in [1.807, 2.05) is 6.07 Å². The highest BCUT2D eigenvalue weighted by Crippen LogP contribution is 2.28. The van der Waals surface area contributed by atoms with Gasteiger partial charge in [0.2, 0.25) is 0 Å². The molecule has 1 N–H and O–H groups in total. The van der Waals surface area contributed by atoms with Crippen LogP contribution in [-0.2, 0) is 27.5 Å². The van der Waals surface area contributed by atoms with Gasteiger partial charge in [0.1, 0.15) is 0 Å². The monoisotopic (exact) mass is 282 g/mol. The molecule has 0 radical (unpaired) electrons. The maximum atomic E-state index is 12.4. The van der Waals surface area contributed by atoms with Gasteiger partial charge in [-0.05, 0) is 49.4 Å². The molecular weight excluding hydrogens is 264 g/mol. The van der Waals surface area contributed by atoms with Crippen LogP contribution in [0, 0.1) is 5.92 Å². The summed E-state index contributed by atoms with van der Waals surface area (Å²) in [4.78, 5) is 11.2. The number of aliphatic carboxylic acids is 1. The van der Waals surface area contributed by atoms with Gasteiger partial charge < -0.3 is 5.11 Å². The van der Waals surface area contributed by atoms with Crippen molar-refractivity contribution in [3.05, 3.63) is 29.3 Å². The Labute approximate surface area is 113 Å². The van der Waals surface area contributed by atoms with Gasteiger partial charge in [0, 0.05) is 0 Å². The first-order valence-electron chi connectivity index (χ1n) is 6.42. The summed E-state index contributed by atoms with van der Waals surface area (Å²) in [6.07, 6.45) is 2.96. The molecule has 5 heteroatoms. The van der Waals surface area contributed by atoms with Gasteiger partial charge in [-0.25, -0.2) is 8.42 Å². The van der Waals surface area contributed by atoms with Gasteiger partial charge in [-0.2, -0.15) is 0 Å². The SMILES string of the molecule is CC(C(=O)O)C(C)S(=O)(=O)c1ccc2c(c1)CCC2. The molecule has 1 aliphatic carbocycles. The second-order valence-corrected chi connectivity index (χ2v) is 7.47. The molecule has 0 aromatic heterocycles. The molecule has 0 saturated carbocycles. The molecule has 0 heterocycles. The lowest BCUT2D eigenvalue weighted by atomic mass is 10.1. The Morgan fingerprint density at radius 2 is 1.84 bits per heavy atom. The predicted molar refractivity (Wildman–Crippen MR) is 71.9 cm³/mol. The standard InChI is InChI=1S/C14H18O4S/c1-9(14(15)16)10(2)19(17,18)13-7-6-11-4-3-5-12(11)8-13/h6-10H,3-5H2,1-2H3,(H,15,16). The summed E-state index contributed by atoms with van der Waals surface area (Å²) >= 11 is 0. The lowest BCUT2D eigenvalue weighted by Crippen LogP contribution is -2.30. The molecule has 1 aliphatic rings. The summed E-state index contributed by atoms with van der Waals surface area (Å²) < 4.78 is 24.8. The van der Waals surface area contributed by atoms with Gasteiger partial charge >= 0.3 is 5.97 Å². The van der Waals surface area contributed by atoms with Crippen molar-refractivity contribution in [1.82, 2.24) is 0 Å². The number of benzene rings is 1. The zero-order chi connectivity index (χ0) is 14.2. The highest BCUT2D eigenvalue weighted by Gasteiger charge is 2.32. The lowest BCUT2D eigenvalue weighted by molar-refractivity contribution is -0.141. The van der Waals surface area contributed by atoms with Crippen LogP contribution in [0.4, 0.5) is 0 Å². The van der Waals surface area contributed by atoms with Gasteiger partial charge in [0.25, 0.3) is 0 Å². The van der Waals surface area contributed by atoms with E-state index in [1.54, 1.807) is 12.1 Å². The predicted octanol–water partition coefficient (Wildman–Crippen LogP) is 2.06. The molecule has 0 amide bonds. The fourth-order valence-corrected chi connectivity index (χ4v) is 4.06. The van der Waals surface area contributed by atoms with Crippen LogP contribution in [0.5, 0.6) is 0 Å². The molecule has 1 aromatic rings. The van der Waals surface area contributed by atoms with Crippen LogP contribution in [0.3, 0.4) is 0 Å². The molecule has 0 saturated heterocycles. The maximum Gasteiger partial charge on any atom is 0.307 e. The van der Waals surface area contributed by atoms with Crippen molar-refractivity contribution in [2.24, 2.45) is 5.92 Å². The van der Waals surface area contributed by atoms with Crippen molar-refractivity contribution in [3.8, 4) is 0 Å². The van der Waals surface area contributed by atoms with E-state index in [0.29, 0.717) is 0 Å². The molecular formula is C14H18O4S. The van der Waals surface area contributed by atoms with Crippen molar-refractivity contribution < 1.29 is 18.3 Å². The van der Waals surface area contributed by atoms with Gasteiger partial charge in [-0.15, -0.1) is 0 Å². The fraction of sp³-hybridized carbons (Fsp3) is 0.500. The Bertz CT molecular complexity index is 604. The minimum atomic E-state index is -3.59. The van der Waals surface area contributed by atoms with Crippen LogP contribution in [0.25, 0.3) is 0 Å². The van der Waals surface area contributed by atoms with Gasteiger partial charge in [-0.1, -0.05) is 13.0 Å². The van der Waals surface area contributed by atoms with Crippen molar-refractivity contribution in [1.29, 1.82) is 0 Å². The summed E-state index contributed by atoms with van der Waals surface area (Å²) in [6, 6.07) is 5.17. The summed E-state index contributed by atoms with van der Waals surface area (Å²) in [7, 11) is -3.59. The van der Waals surface area contributed by atoms with Crippen LogP contribution in [0.2, 0.25) is 0 Å². The number of rotatable bonds is 4. The molecule has 104 valence electrons. The molecule has 0 fully saturated rings. The number of hydrogen-bond acceptors (Lipinski definition) is 3. The number of carboxylic acids is 1. The molecule has 2 unspecified atom stereocenters. The summed E-state index contributed by atoms with van der Waals surface area (Å²) in [5.74, 6) is -2.00. The van der Waals surface area contributed by atoms with E-state index in [0.717, 1.165) is 24.8 Å². The average Bonchev–Trinajstić information content (AvgIpc) is 2.83. The molecule has 0 spiro atoms. The fourth-order valence-electron chi connectivity index (χ4n) is 2.41. The number of carbonyl (C=O) groups is 1. The molecule has 0 bridgehead atoms. The minimum absolute atomic E-state index is 0.244. The van der Waals surface area contributed by atoms with Crippen molar-refractivity contribution in [2.45, 2.75) is 43.3 Å². The Morgan fingerprint density at radius 1 is 1.21 bits per heavy atom. The minimum Gasteiger partial charge on any atom is -0.481 e. The van der Waals surface area contributed by atoms with Crippen LogP contribution < -0.4 is 0 Å². The van der Waals surface area contributed by atoms with Crippen molar-refractivity contribution in [3.63, 3.8) is 0 Å². The third-order valence-corrected chi connectivity index (χ3v) is 6.28. The van der Waals surface area contributed by atoms with Crippen LogP contribution in [-0.4, -0.2) is 24.7 Å². The zero-order valence-electron chi connectivity index (χ0n) is 11.1. The molecule has 4 nitrogen and oxygen atoms in total. The maximum absolute atomic E-state index is 12.4. The molecule has 19 heavy (non-hydrogen) atoms. The number of carboxylic acid groups (broad SMARTS) is 1. The van der Waals surface area contributed by atoms with E-state index >= 15 is 0 Å². The van der Waals surface area contributed by atoms with Crippen molar-refractivity contribution in [2.75, 3.05) is 0 Å². The first kappa shape index (κ1) is 14.1. The van der Waals surface area contributed by atoms with E-state index in [2.05, 4.69) is 0 Å². The largest absolute Gasteiger partial charge is 0.481 e. The van der Waals surface area contributed by atoms with Gasteiger partial charge in [0.15, 0.2) is 9.84 Å². The molecule has 0 aliphatic heterocycles. The smallest absolute Gasteiger partial charge is 0.307 e. The van der Waals surface area contributed by atoms with Gasteiger partial charge in [0.05, 0.1) is 16.1 Å². The van der Waals surface area contributed by atoms with Crippen molar-refractivity contribution >= 4 is 15.8 Å². The first-order valence-corrected chi connectivity index (χ1v) is 7.97. The van der Waals surface area contributed by atoms with E-state index in [4.69, 9.17) is 5.11 Å². The topological polar surface area (TPSA) is 71.4 Å². The Hall–Kier alpha value is -1.36. The van der Waals surface area contributed by atoms with E-state index in [-0.39, 0.29) is 4.90 Å². The summed E-state index contributed by atoms with van der Waals surface area (Å²) in [5, 5.41) is 8.03. The highest BCUT2D eigenvalue weighted by atomic mass is 32.2. The third-order valence-electron chi connectivity index (χ3n) is 3.98. The number of aryl methyl sites for hydroxylation is 2. The average molecular weight is 282 g/mol. The Balaban J connectivity index is 2.37. The summed E-state index contributed by atoms with van der Waals surface area (Å²) in [5.41, 5.74) is 2.29. The zero-order valence-corrected chi connectivity index (χ0v) is 11.9. The molecule has 2 rings (SSSR count). The Kier molecular flexibility index (Phi) is 3.67. The van der Waals surface area contributed by atoms with E-state index < -0.39 is 27.0 Å². The number of hydrogen-bond donors (Lipinski definition) is 1. The van der Waals surface area contributed by atoms with E-state index in [9.17, 15) is 13.2 Å². The molecule has 1 aromatic carbocycles. The second kappa shape index (κ2) is 4.96. The van der Waals surface area contributed by atoms with Crippen LogP contribution in [0.15, 0.2) is 23.1 Å². The second-order valence-electron chi connectivity index (χ2n) is 5.16. The highest BCUT2D eigenvalue weighted by molar-refractivity contribution is 7.92. The van der Waals surface area contributed by atoms with Crippen LogP contribution >= 0.6 is 0 Å².